The van der Waals surface area contributed by atoms with E-state index < -0.39 is 0 Å². The Bertz CT molecular complexity index is 326. The van der Waals surface area contributed by atoms with Gasteiger partial charge in [-0.3, -0.25) is 0 Å². The lowest BCUT2D eigenvalue weighted by Gasteiger charge is -2.22. The van der Waals surface area contributed by atoms with Gasteiger partial charge in [0.2, 0.25) is 0 Å². The molecule has 2 unspecified atom stereocenters. The Morgan fingerprint density at radius 3 is 3.06 bits per heavy atom. The van der Waals surface area contributed by atoms with Crippen molar-refractivity contribution < 1.29 is 0 Å². The fourth-order valence-electron chi connectivity index (χ4n) is 2.16. The van der Waals surface area contributed by atoms with E-state index in [9.17, 15) is 0 Å². The van der Waals surface area contributed by atoms with Crippen LogP contribution >= 0.6 is 0 Å². The van der Waals surface area contributed by atoms with Crippen LogP contribution in [-0.2, 0) is 6.54 Å². The molecule has 0 aliphatic carbocycles. The lowest BCUT2D eigenvalue weighted by Crippen LogP contribution is -2.30. The Morgan fingerprint density at radius 2 is 2.44 bits per heavy atom. The fraction of sp³-hybridized carbons (Fsp3) is 0.750. The van der Waals surface area contributed by atoms with Crippen molar-refractivity contribution in [3.05, 3.63) is 18.2 Å². The lowest BCUT2D eigenvalue weighted by molar-refractivity contribution is 0.280. The molecule has 1 fully saturated rings. The second-order valence-corrected chi connectivity index (χ2v) is 4.93. The van der Waals surface area contributed by atoms with Crippen LogP contribution in [-0.4, -0.2) is 41.1 Å². The van der Waals surface area contributed by atoms with Crippen molar-refractivity contribution in [1.82, 2.24) is 19.8 Å². The first-order valence-electron chi connectivity index (χ1n) is 6.08. The molecule has 16 heavy (non-hydrogen) atoms. The Balaban J connectivity index is 2.06. The minimum absolute atomic E-state index is 0.511. The second-order valence-electron chi connectivity index (χ2n) is 4.93. The van der Waals surface area contributed by atoms with E-state index in [1.807, 2.05) is 12.5 Å². The topological polar surface area (TPSA) is 33.1 Å². The van der Waals surface area contributed by atoms with Gasteiger partial charge in [-0.25, -0.2) is 4.98 Å². The van der Waals surface area contributed by atoms with Gasteiger partial charge in [-0.15, -0.1) is 0 Å². The zero-order chi connectivity index (χ0) is 11.5. The van der Waals surface area contributed by atoms with Crippen LogP contribution < -0.4 is 5.32 Å². The summed E-state index contributed by atoms with van der Waals surface area (Å²) in [4.78, 5) is 6.53. The first-order chi connectivity index (χ1) is 7.68. The van der Waals surface area contributed by atoms with E-state index in [2.05, 4.69) is 40.8 Å². The van der Waals surface area contributed by atoms with Gasteiger partial charge in [-0.1, -0.05) is 0 Å². The van der Waals surface area contributed by atoms with Crippen LogP contribution in [0.3, 0.4) is 0 Å². The smallest absolute Gasteiger partial charge is 0.0949 e. The average molecular weight is 222 g/mol. The number of imidazole rings is 1. The average Bonchev–Trinajstić information content (AvgIpc) is 2.85. The largest absolute Gasteiger partial charge is 0.332 e. The molecular weight excluding hydrogens is 200 g/mol. The first-order valence-corrected chi connectivity index (χ1v) is 6.08. The van der Waals surface area contributed by atoms with Crippen molar-refractivity contribution in [2.75, 3.05) is 20.6 Å². The third kappa shape index (κ3) is 2.44. The Labute approximate surface area is 97.7 Å². The SMILES string of the molecule is CC(Cn1cncc1C1CCCN1)N(C)C. The predicted molar refractivity (Wildman–Crippen MR) is 65.4 cm³/mol. The summed E-state index contributed by atoms with van der Waals surface area (Å²) in [6.45, 7) is 4.39. The van der Waals surface area contributed by atoms with E-state index >= 15 is 0 Å². The number of aromatic nitrogens is 2. The van der Waals surface area contributed by atoms with Gasteiger partial charge in [-0.05, 0) is 40.4 Å². The molecule has 1 aliphatic heterocycles. The summed E-state index contributed by atoms with van der Waals surface area (Å²) in [5, 5.41) is 3.53. The van der Waals surface area contributed by atoms with Crippen molar-refractivity contribution in [3.8, 4) is 0 Å². The van der Waals surface area contributed by atoms with Crippen molar-refractivity contribution in [2.24, 2.45) is 0 Å². The highest BCUT2D eigenvalue weighted by atomic mass is 15.2. The summed E-state index contributed by atoms with van der Waals surface area (Å²) < 4.78 is 2.29. The van der Waals surface area contributed by atoms with Crippen LogP contribution in [0, 0.1) is 0 Å². The third-order valence-electron chi connectivity index (χ3n) is 3.50. The predicted octanol–water partition coefficient (Wildman–Crippen LogP) is 1.26. The molecule has 1 aromatic heterocycles. The lowest BCUT2D eigenvalue weighted by atomic mass is 10.1. The van der Waals surface area contributed by atoms with E-state index in [4.69, 9.17) is 0 Å². The van der Waals surface area contributed by atoms with E-state index in [0.29, 0.717) is 12.1 Å². The molecule has 0 spiro atoms. The quantitative estimate of drug-likeness (QED) is 0.832. The van der Waals surface area contributed by atoms with Gasteiger partial charge in [0, 0.05) is 24.8 Å². The van der Waals surface area contributed by atoms with Gasteiger partial charge in [0.1, 0.15) is 0 Å². The van der Waals surface area contributed by atoms with Crippen molar-refractivity contribution >= 4 is 0 Å². The number of hydrogen-bond acceptors (Lipinski definition) is 3. The van der Waals surface area contributed by atoms with Crippen LogP contribution in [0.4, 0.5) is 0 Å². The highest BCUT2D eigenvalue weighted by Crippen LogP contribution is 2.22. The summed E-state index contributed by atoms with van der Waals surface area (Å²) >= 11 is 0. The maximum Gasteiger partial charge on any atom is 0.0949 e. The number of nitrogens with one attached hydrogen (secondary N) is 1. The summed E-state index contributed by atoms with van der Waals surface area (Å²) in [5.74, 6) is 0. The number of rotatable bonds is 4. The van der Waals surface area contributed by atoms with E-state index in [0.717, 1.165) is 13.1 Å². The number of hydrogen-bond donors (Lipinski definition) is 1. The van der Waals surface area contributed by atoms with Crippen LogP contribution in [0.1, 0.15) is 31.5 Å². The Hall–Kier alpha value is -0.870. The first kappa shape index (κ1) is 11.6. The third-order valence-corrected chi connectivity index (χ3v) is 3.50. The van der Waals surface area contributed by atoms with Gasteiger partial charge in [-0.2, -0.15) is 0 Å². The molecule has 1 saturated heterocycles. The molecule has 0 amide bonds. The van der Waals surface area contributed by atoms with E-state index in [1.165, 1.54) is 18.5 Å². The summed E-state index contributed by atoms with van der Waals surface area (Å²) in [6, 6.07) is 1.05. The van der Waals surface area contributed by atoms with E-state index in [-0.39, 0.29) is 0 Å². The molecule has 90 valence electrons. The monoisotopic (exact) mass is 222 g/mol. The Kier molecular flexibility index (Phi) is 3.61. The van der Waals surface area contributed by atoms with Crippen LogP contribution in [0.15, 0.2) is 12.5 Å². The molecule has 2 heterocycles. The van der Waals surface area contributed by atoms with E-state index in [1.54, 1.807) is 0 Å². The molecule has 1 N–H and O–H groups in total. The van der Waals surface area contributed by atoms with Gasteiger partial charge >= 0.3 is 0 Å². The molecular formula is C12H22N4. The molecule has 0 aromatic carbocycles. The normalized spacial score (nSPS) is 22.9. The molecule has 4 nitrogen and oxygen atoms in total. The second kappa shape index (κ2) is 4.97. The van der Waals surface area contributed by atoms with Crippen LogP contribution in [0.5, 0.6) is 0 Å². The summed E-state index contributed by atoms with van der Waals surface area (Å²) in [5.41, 5.74) is 1.34. The zero-order valence-corrected chi connectivity index (χ0v) is 10.5. The van der Waals surface area contributed by atoms with Crippen LogP contribution in [0.2, 0.25) is 0 Å². The van der Waals surface area contributed by atoms with Gasteiger partial charge in [0.25, 0.3) is 0 Å². The number of likely N-dealkylation sites (N-methyl/N-ethyl adjacent to an activating group) is 1. The summed E-state index contributed by atoms with van der Waals surface area (Å²) in [6.07, 6.45) is 6.47. The minimum Gasteiger partial charge on any atom is -0.332 e. The molecule has 0 radical (unpaired) electrons. The molecule has 0 saturated carbocycles. The standard InChI is InChI=1S/C12H22N4/c1-10(15(2)3)8-16-9-13-7-12(16)11-5-4-6-14-11/h7,9-11,14H,4-6,8H2,1-3H3. The van der Waals surface area contributed by atoms with Crippen molar-refractivity contribution in [3.63, 3.8) is 0 Å². The highest BCUT2D eigenvalue weighted by molar-refractivity contribution is 5.07. The molecule has 4 heteroatoms. The molecule has 1 aromatic rings. The molecule has 1 aliphatic rings. The maximum absolute atomic E-state index is 4.28. The fourth-order valence-corrected chi connectivity index (χ4v) is 2.16. The molecule has 0 bridgehead atoms. The van der Waals surface area contributed by atoms with Gasteiger partial charge in [0.15, 0.2) is 0 Å². The van der Waals surface area contributed by atoms with Crippen LogP contribution in [0.25, 0.3) is 0 Å². The molecule has 2 atom stereocenters. The zero-order valence-electron chi connectivity index (χ0n) is 10.5. The summed E-state index contributed by atoms with van der Waals surface area (Å²) in [7, 11) is 4.24. The van der Waals surface area contributed by atoms with Gasteiger partial charge < -0.3 is 14.8 Å². The Morgan fingerprint density at radius 1 is 1.62 bits per heavy atom. The van der Waals surface area contributed by atoms with Crippen molar-refractivity contribution in [2.45, 2.75) is 38.4 Å². The van der Waals surface area contributed by atoms with Gasteiger partial charge in [0.05, 0.1) is 12.0 Å². The highest BCUT2D eigenvalue weighted by Gasteiger charge is 2.20. The molecule has 2 rings (SSSR count). The number of nitrogens with zero attached hydrogens (tertiary/aromatic N) is 3. The minimum atomic E-state index is 0.511. The van der Waals surface area contributed by atoms with Crippen molar-refractivity contribution in [1.29, 1.82) is 0 Å². The maximum atomic E-state index is 4.28.